The van der Waals surface area contributed by atoms with Crippen molar-refractivity contribution in [2.45, 2.75) is 65.1 Å². The van der Waals surface area contributed by atoms with Crippen molar-refractivity contribution in [2.75, 3.05) is 6.61 Å². The van der Waals surface area contributed by atoms with Gasteiger partial charge in [0.2, 0.25) is 0 Å². The second-order valence-electron chi connectivity index (χ2n) is 8.41. The van der Waals surface area contributed by atoms with Crippen LogP contribution in [0.25, 0.3) is 0 Å². The Balaban J connectivity index is 2.04. The molecule has 0 spiro atoms. The van der Waals surface area contributed by atoms with Gasteiger partial charge in [-0.05, 0) is 45.7 Å². The van der Waals surface area contributed by atoms with Gasteiger partial charge in [-0.1, -0.05) is 62.7 Å². The largest absolute Gasteiger partial charge is 0.459 e. The maximum atomic E-state index is 12.6. The smallest absolute Gasteiger partial charge is 0.338 e. The van der Waals surface area contributed by atoms with E-state index in [1.807, 2.05) is 45.9 Å². The molecular formula is C25H32O5. The standard InChI is InChI=1S/C25H32O5/c1-6-17-25(7-2,30-29-24(3,4)5)18-28-23(27)21-15-13-20(14-16-21)22(26)19-11-9-8-10-12-19/h8-16H,6-7,17-18H2,1-5H3. The van der Waals surface area contributed by atoms with E-state index in [9.17, 15) is 9.59 Å². The van der Waals surface area contributed by atoms with E-state index in [-0.39, 0.29) is 12.4 Å². The number of ether oxygens (including phenoxy) is 1. The molecule has 1 unspecified atom stereocenters. The van der Waals surface area contributed by atoms with Crippen molar-refractivity contribution >= 4 is 11.8 Å². The van der Waals surface area contributed by atoms with Crippen molar-refractivity contribution in [3.63, 3.8) is 0 Å². The molecule has 0 fully saturated rings. The number of ketones is 1. The van der Waals surface area contributed by atoms with E-state index in [1.165, 1.54) is 0 Å². The summed E-state index contributed by atoms with van der Waals surface area (Å²) in [5.41, 5.74) is 0.364. The van der Waals surface area contributed by atoms with E-state index in [1.54, 1.807) is 36.4 Å². The van der Waals surface area contributed by atoms with Crippen molar-refractivity contribution in [1.29, 1.82) is 0 Å². The van der Waals surface area contributed by atoms with Gasteiger partial charge in [0.1, 0.15) is 12.2 Å². The van der Waals surface area contributed by atoms with Gasteiger partial charge in [0.25, 0.3) is 0 Å². The lowest BCUT2D eigenvalue weighted by atomic mass is 9.96. The number of rotatable bonds is 10. The number of hydrogen-bond acceptors (Lipinski definition) is 5. The summed E-state index contributed by atoms with van der Waals surface area (Å²) in [5.74, 6) is -0.543. The molecule has 0 bridgehead atoms. The van der Waals surface area contributed by atoms with Gasteiger partial charge in [0.15, 0.2) is 5.78 Å². The van der Waals surface area contributed by atoms with Crippen LogP contribution in [0, 0.1) is 0 Å². The summed E-state index contributed by atoms with van der Waals surface area (Å²) in [4.78, 5) is 36.3. The second kappa shape index (κ2) is 10.5. The molecule has 2 aromatic rings. The number of carbonyl (C=O) groups is 2. The highest BCUT2D eigenvalue weighted by atomic mass is 17.2. The first-order valence-electron chi connectivity index (χ1n) is 10.4. The van der Waals surface area contributed by atoms with Gasteiger partial charge in [0.05, 0.1) is 11.2 Å². The van der Waals surface area contributed by atoms with Crippen LogP contribution in [0.2, 0.25) is 0 Å². The topological polar surface area (TPSA) is 61.8 Å². The third kappa shape index (κ3) is 6.78. The highest BCUT2D eigenvalue weighted by Gasteiger charge is 2.34. The van der Waals surface area contributed by atoms with Crippen LogP contribution in [-0.2, 0) is 14.5 Å². The predicted molar refractivity (Wildman–Crippen MR) is 116 cm³/mol. The Morgan fingerprint density at radius 3 is 1.90 bits per heavy atom. The number of carbonyl (C=O) groups excluding carboxylic acids is 2. The molecule has 2 rings (SSSR count). The van der Waals surface area contributed by atoms with Gasteiger partial charge in [-0.2, -0.15) is 0 Å². The minimum atomic E-state index is -0.694. The monoisotopic (exact) mass is 412 g/mol. The summed E-state index contributed by atoms with van der Waals surface area (Å²) < 4.78 is 5.56. The van der Waals surface area contributed by atoms with E-state index in [0.717, 1.165) is 6.42 Å². The number of benzene rings is 2. The molecule has 0 aromatic heterocycles. The van der Waals surface area contributed by atoms with Gasteiger partial charge in [0, 0.05) is 11.1 Å². The third-order valence-corrected chi connectivity index (χ3v) is 4.70. The molecule has 30 heavy (non-hydrogen) atoms. The molecular weight excluding hydrogens is 380 g/mol. The average Bonchev–Trinajstić information content (AvgIpc) is 2.75. The van der Waals surface area contributed by atoms with Crippen LogP contribution in [0.3, 0.4) is 0 Å². The Morgan fingerprint density at radius 1 is 0.800 bits per heavy atom. The van der Waals surface area contributed by atoms with E-state index in [4.69, 9.17) is 14.5 Å². The second-order valence-corrected chi connectivity index (χ2v) is 8.41. The third-order valence-electron chi connectivity index (χ3n) is 4.70. The normalized spacial score (nSPS) is 13.5. The Bertz CT molecular complexity index is 821. The van der Waals surface area contributed by atoms with E-state index in [2.05, 4.69) is 6.92 Å². The summed E-state index contributed by atoms with van der Waals surface area (Å²) in [6.07, 6.45) is 2.22. The van der Waals surface area contributed by atoms with Crippen LogP contribution in [0.4, 0.5) is 0 Å². The minimum absolute atomic E-state index is 0.0869. The molecule has 0 aliphatic heterocycles. The fraction of sp³-hybridized carbons (Fsp3) is 0.440. The summed E-state index contributed by atoms with van der Waals surface area (Å²) in [5, 5.41) is 0. The zero-order valence-corrected chi connectivity index (χ0v) is 18.6. The molecule has 0 aliphatic rings. The molecule has 5 heteroatoms. The van der Waals surface area contributed by atoms with Crippen LogP contribution in [0.5, 0.6) is 0 Å². The zero-order chi connectivity index (χ0) is 22.2. The predicted octanol–water partition coefficient (Wildman–Crippen LogP) is 5.77. The van der Waals surface area contributed by atoms with Crippen molar-refractivity contribution < 1.29 is 24.1 Å². The first-order chi connectivity index (χ1) is 14.2. The fourth-order valence-corrected chi connectivity index (χ4v) is 2.94. The lowest BCUT2D eigenvalue weighted by Gasteiger charge is -2.33. The van der Waals surface area contributed by atoms with Crippen molar-refractivity contribution in [2.24, 2.45) is 0 Å². The maximum Gasteiger partial charge on any atom is 0.338 e. The molecule has 0 radical (unpaired) electrons. The quantitative estimate of drug-likeness (QED) is 0.215. The van der Waals surface area contributed by atoms with Crippen molar-refractivity contribution in [1.82, 2.24) is 0 Å². The Morgan fingerprint density at radius 2 is 1.37 bits per heavy atom. The number of hydrogen-bond donors (Lipinski definition) is 0. The van der Waals surface area contributed by atoms with E-state index >= 15 is 0 Å². The van der Waals surface area contributed by atoms with Gasteiger partial charge in [-0.25, -0.2) is 14.6 Å². The van der Waals surface area contributed by atoms with Crippen LogP contribution in [0.15, 0.2) is 54.6 Å². The van der Waals surface area contributed by atoms with E-state index in [0.29, 0.717) is 29.5 Å². The lowest BCUT2D eigenvalue weighted by Crippen LogP contribution is -2.40. The lowest BCUT2D eigenvalue weighted by molar-refractivity contribution is -0.410. The first-order valence-corrected chi connectivity index (χ1v) is 10.4. The maximum absolute atomic E-state index is 12.6. The fourth-order valence-electron chi connectivity index (χ4n) is 2.94. The molecule has 0 aliphatic carbocycles. The van der Waals surface area contributed by atoms with Crippen LogP contribution in [0.1, 0.15) is 80.2 Å². The van der Waals surface area contributed by atoms with Gasteiger partial charge in [-0.15, -0.1) is 0 Å². The van der Waals surface area contributed by atoms with Gasteiger partial charge < -0.3 is 4.74 Å². The first kappa shape index (κ1) is 23.8. The SMILES string of the molecule is CCCC(CC)(COC(=O)c1ccc(C(=O)c2ccccc2)cc1)OOC(C)(C)C. The minimum Gasteiger partial charge on any atom is -0.459 e. The summed E-state index contributed by atoms with van der Waals surface area (Å²) in [7, 11) is 0. The number of esters is 1. The Kier molecular flexibility index (Phi) is 8.33. The molecule has 0 N–H and O–H groups in total. The zero-order valence-electron chi connectivity index (χ0n) is 18.6. The van der Waals surface area contributed by atoms with Crippen LogP contribution < -0.4 is 0 Å². The molecule has 0 amide bonds. The van der Waals surface area contributed by atoms with E-state index < -0.39 is 17.2 Å². The summed E-state index contributed by atoms with van der Waals surface area (Å²) in [6, 6.07) is 15.5. The molecule has 0 saturated carbocycles. The van der Waals surface area contributed by atoms with Crippen molar-refractivity contribution in [3.05, 3.63) is 71.3 Å². The van der Waals surface area contributed by atoms with Gasteiger partial charge in [-0.3, -0.25) is 4.79 Å². The highest BCUT2D eigenvalue weighted by molar-refractivity contribution is 6.09. The molecule has 0 saturated heterocycles. The molecule has 0 heterocycles. The Hall–Kier alpha value is -2.50. The highest BCUT2D eigenvalue weighted by Crippen LogP contribution is 2.26. The molecule has 162 valence electrons. The van der Waals surface area contributed by atoms with Crippen molar-refractivity contribution in [3.8, 4) is 0 Å². The van der Waals surface area contributed by atoms with Crippen LogP contribution in [-0.4, -0.2) is 29.6 Å². The summed E-state index contributed by atoms with van der Waals surface area (Å²) in [6.45, 7) is 9.85. The molecule has 2 aromatic carbocycles. The summed E-state index contributed by atoms with van der Waals surface area (Å²) >= 11 is 0. The van der Waals surface area contributed by atoms with Crippen LogP contribution >= 0.6 is 0 Å². The molecule has 5 nitrogen and oxygen atoms in total. The average molecular weight is 413 g/mol. The molecule has 1 atom stereocenters. The Labute approximate surface area is 179 Å². The van der Waals surface area contributed by atoms with Gasteiger partial charge >= 0.3 is 5.97 Å².